The molecule has 19 heavy (non-hydrogen) atoms. The zero-order chi connectivity index (χ0) is 14.0. The van der Waals surface area contributed by atoms with Crippen molar-refractivity contribution >= 4 is 21.5 Å². The summed E-state index contributed by atoms with van der Waals surface area (Å²) < 4.78 is 31.9. The summed E-state index contributed by atoms with van der Waals surface area (Å²) in [6.07, 6.45) is 6.74. The van der Waals surface area contributed by atoms with Crippen LogP contribution < -0.4 is 11.1 Å². The highest BCUT2D eigenvalue weighted by molar-refractivity contribution is 7.86. The van der Waals surface area contributed by atoms with E-state index in [0.29, 0.717) is 5.69 Å². The Hall–Kier alpha value is -1.79. The van der Waals surface area contributed by atoms with Gasteiger partial charge in [-0.2, -0.15) is 8.42 Å². The first kappa shape index (κ1) is 13.6. The number of allylic oxidation sites excluding steroid dienone is 2. The number of hydrogen-bond donors (Lipinski definition) is 3. The molecule has 1 aliphatic carbocycles. The van der Waals surface area contributed by atoms with E-state index in [9.17, 15) is 13.0 Å². The van der Waals surface area contributed by atoms with Crippen LogP contribution in [0, 0.1) is 0 Å². The molecule has 2 rings (SSSR count). The average Bonchev–Trinajstić information content (AvgIpc) is 2.33. The Kier molecular flexibility index (Phi) is 3.64. The first-order valence-electron chi connectivity index (χ1n) is 5.85. The van der Waals surface area contributed by atoms with Crippen molar-refractivity contribution in [3.05, 3.63) is 42.0 Å². The second-order valence-corrected chi connectivity index (χ2v) is 5.91. The molecule has 0 saturated heterocycles. The van der Waals surface area contributed by atoms with E-state index in [1.807, 2.05) is 19.1 Å². The summed E-state index contributed by atoms with van der Waals surface area (Å²) in [5.74, 6) is 0. The van der Waals surface area contributed by atoms with Gasteiger partial charge >= 0.3 is 0 Å². The first-order chi connectivity index (χ1) is 8.86. The molecule has 0 heterocycles. The summed E-state index contributed by atoms with van der Waals surface area (Å²) in [6, 6.07) is 4.38. The normalized spacial score (nSPS) is 19.1. The van der Waals surface area contributed by atoms with Crippen LogP contribution in [0.2, 0.25) is 0 Å². The molecule has 6 heteroatoms. The van der Waals surface area contributed by atoms with E-state index < -0.39 is 10.1 Å². The Bertz CT molecular complexity index is 648. The van der Waals surface area contributed by atoms with Gasteiger partial charge in [-0.05, 0) is 31.5 Å². The monoisotopic (exact) mass is 280 g/mol. The number of nitrogens with two attached hydrogens (primary N) is 1. The lowest BCUT2D eigenvalue weighted by atomic mass is 10.0. The number of hydrogen-bond acceptors (Lipinski definition) is 4. The molecule has 5 nitrogen and oxygen atoms in total. The fourth-order valence-electron chi connectivity index (χ4n) is 1.91. The fourth-order valence-corrected chi connectivity index (χ4v) is 2.60. The Morgan fingerprint density at radius 2 is 2.16 bits per heavy atom. The molecule has 1 atom stereocenters. The maximum absolute atomic E-state index is 11.3. The maximum atomic E-state index is 11.3. The summed E-state index contributed by atoms with van der Waals surface area (Å²) in [7, 11) is -4.30. The quantitative estimate of drug-likeness (QED) is 0.583. The predicted molar refractivity (Wildman–Crippen MR) is 75.6 cm³/mol. The highest BCUT2D eigenvalue weighted by Gasteiger charge is 2.18. The summed E-state index contributed by atoms with van der Waals surface area (Å²) >= 11 is 0. The fraction of sp³-hybridized carbons (Fsp3) is 0.231. The maximum Gasteiger partial charge on any atom is 0.296 e. The highest BCUT2D eigenvalue weighted by Crippen LogP contribution is 2.26. The van der Waals surface area contributed by atoms with Crippen LogP contribution in [0.5, 0.6) is 0 Å². The van der Waals surface area contributed by atoms with E-state index in [2.05, 4.69) is 11.4 Å². The van der Waals surface area contributed by atoms with Crippen molar-refractivity contribution in [1.82, 2.24) is 0 Å². The minimum absolute atomic E-state index is 0.00664. The molecule has 1 aromatic rings. The van der Waals surface area contributed by atoms with Gasteiger partial charge in [0.15, 0.2) is 0 Å². The highest BCUT2D eigenvalue weighted by atomic mass is 32.2. The van der Waals surface area contributed by atoms with E-state index in [4.69, 9.17) is 5.73 Å². The molecule has 0 spiro atoms. The molecule has 0 aliphatic heterocycles. The van der Waals surface area contributed by atoms with Gasteiger partial charge in [-0.25, -0.2) is 0 Å². The number of benzene rings is 1. The minimum atomic E-state index is -4.30. The average molecular weight is 280 g/mol. The third kappa shape index (κ3) is 3.36. The number of anilines is 2. The van der Waals surface area contributed by atoms with Crippen molar-refractivity contribution in [1.29, 1.82) is 0 Å². The van der Waals surface area contributed by atoms with Crippen molar-refractivity contribution in [2.24, 2.45) is 0 Å². The SMILES string of the molecule is CC1=CCC(Nc2ccc(N)cc2S(=O)(=O)O)C=C1. The zero-order valence-corrected chi connectivity index (χ0v) is 11.3. The predicted octanol–water partition coefficient (Wildman–Crippen LogP) is 2.20. The van der Waals surface area contributed by atoms with Crippen molar-refractivity contribution < 1.29 is 13.0 Å². The summed E-state index contributed by atoms with van der Waals surface area (Å²) in [6.45, 7) is 2.00. The van der Waals surface area contributed by atoms with Crippen LogP contribution in [0.15, 0.2) is 46.9 Å². The Morgan fingerprint density at radius 3 is 2.74 bits per heavy atom. The molecule has 4 N–H and O–H groups in total. The summed E-state index contributed by atoms with van der Waals surface area (Å²) in [5.41, 5.74) is 7.35. The largest absolute Gasteiger partial charge is 0.399 e. The van der Waals surface area contributed by atoms with E-state index >= 15 is 0 Å². The van der Waals surface area contributed by atoms with Crippen LogP contribution in [0.3, 0.4) is 0 Å². The second-order valence-electron chi connectivity index (χ2n) is 4.52. The number of nitrogen functional groups attached to an aromatic ring is 1. The molecule has 102 valence electrons. The van der Waals surface area contributed by atoms with Gasteiger partial charge in [0.1, 0.15) is 4.90 Å². The van der Waals surface area contributed by atoms with Crippen molar-refractivity contribution in [3.63, 3.8) is 0 Å². The van der Waals surface area contributed by atoms with Gasteiger partial charge in [0.2, 0.25) is 0 Å². The molecule has 1 aliphatic rings. The van der Waals surface area contributed by atoms with Gasteiger partial charge in [-0.1, -0.05) is 23.8 Å². The topological polar surface area (TPSA) is 92.4 Å². The van der Waals surface area contributed by atoms with Crippen molar-refractivity contribution in [3.8, 4) is 0 Å². The van der Waals surface area contributed by atoms with Gasteiger partial charge in [-0.3, -0.25) is 4.55 Å². The van der Waals surface area contributed by atoms with E-state index in [0.717, 1.165) is 6.42 Å². The smallest absolute Gasteiger partial charge is 0.296 e. The Labute approximate surface area is 112 Å². The lowest BCUT2D eigenvalue weighted by Crippen LogP contribution is -2.19. The Morgan fingerprint density at radius 1 is 1.42 bits per heavy atom. The molecule has 0 fully saturated rings. The van der Waals surface area contributed by atoms with Gasteiger partial charge in [-0.15, -0.1) is 0 Å². The van der Waals surface area contributed by atoms with Crippen LogP contribution in [0.25, 0.3) is 0 Å². The van der Waals surface area contributed by atoms with Gasteiger partial charge in [0, 0.05) is 11.7 Å². The van der Waals surface area contributed by atoms with Crippen LogP contribution in [-0.4, -0.2) is 19.0 Å². The Balaban J connectivity index is 2.29. The van der Waals surface area contributed by atoms with Gasteiger partial charge in [0.05, 0.1) is 5.69 Å². The molecular formula is C13H16N2O3S. The summed E-state index contributed by atoms with van der Waals surface area (Å²) in [5, 5.41) is 3.08. The third-order valence-electron chi connectivity index (χ3n) is 2.91. The minimum Gasteiger partial charge on any atom is -0.399 e. The standard InChI is InChI=1S/C13H16N2O3S/c1-9-2-5-11(6-3-9)15-12-7-4-10(14)8-13(12)19(16,17)18/h2-5,7-8,11,15H,6,14H2,1H3,(H,16,17,18). The lowest BCUT2D eigenvalue weighted by molar-refractivity contribution is 0.483. The van der Waals surface area contributed by atoms with Crippen molar-refractivity contribution in [2.45, 2.75) is 24.3 Å². The molecule has 1 unspecified atom stereocenters. The van der Waals surface area contributed by atoms with E-state index in [1.165, 1.54) is 11.6 Å². The molecule has 1 aromatic carbocycles. The van der Waals surface area contributed by atoms with Crippen molar-refractivity contribution in [2.75, 3.05) is 11.1 Å². The lowest BCUT2D eigenvalue weighted by Gasteiger charge is -2.19. The van der Waals surface area contributed by atoms with Gasteiger partial charge < -0.3 is 11.1 Å². The van der Waals surface area contributed by atoms with Crippen LogP contribution in [-0.2, 0) is 10.1 Å². The second kappa shape index (κ2) is 5.07. The van der Waals surface area contributed by atoms with E-state index in [-0.39, 0.29) is 16.6 Å². The molecule has 0 bridgehead atoms. The van der Waals surface area contributed by atoms with Crippen LogP contribution >= 0.6 is 0 Å². The molecule has 0 amide bonds. The molecule has 0 radical (unpaired) electrons. The molecule has 0 saturated carbocycles. The number of rotatable bonds is 3. The molecular weight excluding hydrogens is 264 g/mol. The third-order valence-corrected chi connectivity index (χ3v) is 3.80. The first-order valence-corrected chi connectivity index (χ1v) is 7.29. The van der Waals surface area contributed by atoms with Gasteiger partial charge in [0.25, 0.3) is 10.1 Å². The summed E-state index contributed by atoms with van der Waals surface area (Å²) in [4.78, 5) is -0.202. The van der Waals surface area contributed by atoms with Crippen LogP contribution in [0.4, 0.5) is 11.4 Å². The number of nitrogens with one attached hydrogen (secondary N) is 1. The zero-order valence-electron chi connectivity index (χ0n) is 10.5. The van der Waals surface area contributed by atoms with E-state index in [1.54, 1.807) is 12.1 Å². The van der Waals surface area contributed by atoms with Crippen LogP contribution in [0.1, 0.15) is 13.3 Å². The molecule has 0 aromatic heterocycles.